The van der Waals surface area contributed by atoms with Crippen molar-refractivity contribution in [3.05, 3.63) is 20.3 Å². The molecule has 1 saturated heterocycles. The Labute approximate surface area is 114 Å². The van der Waals surface area contributed by atoms with Gasteiger partial charge in [0, 0.05) is 13.1 Å². The highest BCUT2D eigenvalue weighted by atomic mass is 127. The average molecular weight is 348 g/mol. The molecule has 0 aliphatic carbocycles. The molecule has 0 atom stereocenters. The second kappa shape index (κ2) is 5.34. The van der Waals surface area contributed by atoms with Gasteiger partial charge in [-0.3, -0.25) is 4.79 Å². The average Bonchev–Trinajstić information content (AvgIpc) is 2.33. The van der Waals surface area contributed by atoms with Crippen molar-refractivity contribution in [2.45, 2.75) is 18.9 Å². The molecule has 6 heteroatoms. The topological polar surface area (TPSA) is 52.2 Å². The number of halogens is 1. The minimum absolute atomic E-state index is 0.0598. The Balaban J connectivity index is 2.17. The molecule has 0 amide bonds. The molecule has 1 fully saturated rings. The van der Waals surface area contributed by atoms with Crippen molar-refractivity contribution in [1.82, 2.24) is 14.9 Å². The number of nitrogens with one attached hydrogen (secondary N) is 1. The molecule has 1 aliphatic heterocycles. The Morgan fingerprint density at radius 1 is 1.53 bits per heavy atom. The lowest BCUT2D eigenvalue weighted by Gasteiger charge is -2.35. The number of anilines is 1. The lowest BCUT2D eigenvalue weighted by Crippen LogP contribution is -2.43. The summed E-state index contributed by atoms with van der Waals surface area (Å²) in [5.74, 6) is 0.795. The highest BCUT2D eigenvalue weighted by Crippen LogP contribution is 2.21. The number of aromatic amines is 1. The molecule has 2 rings (SSSR count). The monoisotopic (exact) mass is 348 g/mol. The molecule has 0 saturated carbocycles. The zero-order valence-electron chi connectivity index (χ0n) is 10.1. The fourth-order valence-corrected chi connectivity index (χ4v) is 2.85. The van der Waals surface area contributed by atoms with E-state index in [1.165, 1.54) is 6.33 Å². The number of rotatable bonds is 2. The van der Waals surface area contributed by atoms with E-state index >= 15 is 0 Å². The second-order valence-corrected chi connectivity index (χ2v) is 5.59. The first-order chi connectivity index (χ1) is 8.09. The summed E-state index contributed by atoms with van der Waals surface area (Å²) in [6.45, 7) is 2.21. The van der Waals surface area contributed by atoms with Gasteiger partial charge in [0.25, 0.3) is 5.56 Å². The van der Waals surface area contributed by atoms with Gasteiger partial charge in [-0.05, 0) is 55.6 Å². The largest absolute Gasteiger partial charge is 0.355 e. The molecule has 5 nitrogen and oxygen atoms in total. The van der Waals surface area contributed by atoms with Crippen LogP contribution in [-0.4, -0.2) is 48.1 Å². The van der Waals surface area contributed by atoms with Crippen molar-refractivity contribution >= 4 is 28.4 Å². The van der Waals surface area contributed by atoms with Gasteiger partial charge in [-0.15, -0.1) is 0 Å². The normalized spacial score (nSPS) is 18.3. The first kappa shape index (κ1) is 12.8. The standard InChI is InChI=1S/C11H17IN4O/c1-15-5-3-8(4-6-15)16(2)10-9(12)11(17)14-7-13-10/h7-8H,3-6H2,1-2H3,(H,13,14,17). The van der Waals surface area contributed by atoms with Crippen LogP contribution in [0.3, 0.4) is 0 Å². The SMILES string of the molecule is CN1CCC(N(C)c2nc[nH]c(=O)c2I)CC1. The molecular weight excluding hydrogens is 331 g/mol. The Hall–Kier alpha value is -0.630. The van der Waals surface area contributed by atoms with Gasteiger partial charge in [0.2, 0.25) is 0 Å². The van der Waals surface area contributed by atoms with Crippen LogP contribution >= 0.6 is 22.6 Å². The van der Waals surface area contributed by atoms with Crippen LogP contribution in [0.25, 0.3) is 0 Å². The molecule has 0 spiro atoms. The molecule has 1 aromatic rings. The van der Waals surface area contributed by atoms with Crippen molar-refractivity contribution < 1.29 is 0 Å². The number of H-pyrrole nitrogens is 1. The van der Waals surface area contributed by atoms with Gasteiger partial charge in [-0.2, -0.15) is 0 Å². The zero-order chi connectivity index (χ0) is 12.4. The first-order valence-electron chi connectivity index (χ1n) is 5.74. The summed E-state index contributed by atoms with van der Waals surface area (Å²) in [7, 11) is 4.17. The lowest BCUT2D eigenvalue weighted by atomic mass is 10.0. The van der Waals surface area contributed by atoms with Crippen molar-refractivity contribution in [3.8, 4) is 0 Å². The van der Waals surface area contributed by atoms with E-state index in [1.54, 1.807) is 0 Å². The highest BCUT2D eigenvalue weighted by Gasteiger charge is 2.23. The van der Waals surface area contributed by atoms with Crippen LogP contribution in [0.2, 0.25) is 0 Å². The minimum atomic E-state index is -0.0598. The van der Waals surface area contributed by atoms with Crippen molar-refractivity contribution in [2.75, 3.05) is 32.1 Å². The summed E-state index contributed by atoms with van der Waals surface area (Å²) < 4.78 is 0.673. The third kappa shape index (κ3) is 2.79. The maximum Gasteiger partial charge on any atom is 0.266 e. The van der Waals surface area contributed by atoms with Crippen molar-refractivity contribution in [1.29, 1.82) is 0 Å². The van der Waals surface area contributed by atoms with Gasteiger partial charge in [-0.1, -0.05) is 0 Å². The summed E-state index contributed by atoms with van der Waals surface area (Å²) in [6, 6.07) is 0.481. The molecule has 2 heterocycles. The predicted octanol–water partition coefficient (Wildman–Crippen LogP) is 0.905. The maximum absolute atomic E-state index is 11.5. The predicted molar refractivity (Wildman–Crippen MR) is 76.5 cm³/mol. The van der Waals surface area contributed by atoms with Gasteiger partial charge in [0.1, 0.15) is 9.39 Å². The number of nitrogens with zero attached hydrogens (tertiary/aromatic N) is 3. The van der Waals surface area contributed by atoms with E-state index in [-0.39, 0.29) is 5.56 Å². The van der Waals surface area contributed by atoms with E-state index in [0.717, 1.165) is 31.7 Å². The molecule has 0 unspecified atom stereocenters. The molecule has 1 N–H and O–H groups in total. The van der Waals surface area contributed by atoms with Gasteiger partial charge < -0.3 is 14.8 Å². The fourth-order valence-electron chi connectivity index (χ4n) is 2.17. The Morgan fingerprint density at radius 2 is 2.18 bits per heavy atom. The van der Waals surface area contributed by atoms with Crippen LogP contribution in [0.15, 0.2) is 11.1 Å². The number of hydrogen-bond donors (Lipinski definition) is 1. The molecule has 0 aromatic carbocycles. The van der Waals surface area contributed by atoms with Gasteiger partial charge in [0.05, 0.1) is 6.33 Å². The summed E-state index contributed by atoms with van der Waals surface area (Å²) in [5, 5.41) is 0. The summed E-state index contributed by atoms with van der Waals surface area (Å²) in [6.07, 6.45) is 3.72. The maximum atomic E-state index is 11.5. The van der Waals surface area contributed by atoms with Gasteiger partial charge >= 0.3 is 0 Å². The molecule has 94 valence electrons. The van der Waals surface area contributed by atoms with E-state index in [0.29, 0.717) is 9.61 Å². The Bertz CT molecular complexity index is 439. The molecule has 1 aliphatic rings. The van der Waals surface area contributed by atoms with E-state index in [9.17, 15) is 4.79 Å². The lowest BCUT2D eigenvalue weighted by molar-refractivity contribution is 0.252. The third-order valence-corrected chi connectivity index (χ3v) is 4.32. The van der Waals surface area contributed by atoms with Gasteiger partial charge in [0.15, 0.2) is 0 Å². The van der Waals surface area contributed by atoms with Crippen molar-refractivity contribution in [2.24, 2.45) is 0 Å². The van der Waals surface area contributed by atoms with Crippen LogP contribution in [0.5, 0.6) is 0 Å². The van der Waals surface area contributed by atoms with Crippen LogP contribution in [-0.2, 0) is 0 Å². The molecular formula is C11H17IN4O. The highest BCUT2D eigenvalue weighted by molar-refractivity contribution is 14.1. The molecule has 0 bridgehead atoms. The van der Waals surface area contributed by atoms with Crippen molar-refractivity contribution in [3.63, 3.8) is 0 Å². The number of hydrogen-bond acceptors (Lipinski definition) is 4. The fraction of sp³-hybridized carbons (Fsp3) is 0.636. The number of likely N-dealkylation sites (tertiary alicyclic amines) is 1. The zero-order valence-corrected chi connectivity index (χ0v) is 12.3. The van der Waals surface area contributed by atoms with Gasteiger partial charge in [-0.25, -0.2) is 4.98 Å². The summed E-state index contributed by atoms with van der Waals surface area (Å²) >= 11 is 2.06. The van der Waals surface area contributed by atoms with E-state index in [4.69, 9.17) is 0 Å². The van der Waals surface area contributed by atoms with Crippen LogP contribution in [0.1, 0.15) is 12.8 Å². The minimum Gasteiger partial charge on any atom is -0.355 e. The summed E-state index contributed by atoms with van der Waals surface area (Å²) in [5.41, 5.74) is -0.0598. The van der Waals surface area contributed by atoms with Crippen LogP contribution < -0.4 is 10.5 Å². The molecule has 1 aromatic heterocycles. The van der Waals surface area contributed by atoms with E-state index in [2.05, 4.69) is 49.4 Å². The Morgan fingerprint density at radius 3 is 2.82 bits per heavy atom. The first-order valence-corrected chi connectivity index (χ1v) is 6.82. The smallest absolute Gasteiger partial charge is 0.266 e. The Kier molecular flexibility index (Phi) is 4.03. The quantitative estimate of drug-likeness (QED) is 0.808. The summed E-state index contributed by atoms with van der Waals surface area (Å²) in [4.78, 5) is 22.9. The molecule has 17 heavy (non-hydrogen) atoms. The second-order valence-electron chi connectivity index (χ2n) is 4.51. The molecule has 0 radical (unpaired) electrons. The number of aromatic nitrogens is 2. The van der Waals surface area contributed by atoms with Crippen LogP contribution in [0, 0.1) is 3.57 Å². The third-order valence-electron chi connectivity index (χ3n) is 3.35. The van der Waals surface area contributed by atoms with E-state index in [1.807, 2.05) is 7.05 Å². The van der Waals surface area contributed by atoms with E-state index < -0.39 is 0 Å². The number of piperidine rings is 1. The van der Waals surface area contributed by atoms with Crippen LogP contribution in [0.4, 0.5) is 5.82 Å².